The van der Waals surface area contributed by atoms with Crippen LogP contribution in [-0.2, 0) is 0 Å². The summed E-state index contributed by atoms with van der Waals surface area (Å²) in [5.41, 5.74) is 2.22. The summed E-state index contributed by atoms with van der Waals surface area (Å²) in [5, 5.41) is 9.45. The highest BCUT2D eigenvalue weighted by atomic mass is 16.3. The maximum atomic E-state index is 9.45. The van der Waals surface area contributed by atoms with Crippen LogP contribution in [0.4, 0.5) is 5.69 Å². The van der Waals surface area contributed by atoms with Gasteiger partial charge in [0.2, 0.25) is 0 Å². The van der Waals surface area contributed by atoms with Gasteiger partial charge >= 0.3 is 0 Å². The summed E-state index contributed by atoms with van der Waals surface area (Å²) in [6.45, 7) is 4.09. The number of benzene rings is 1. The third kappa shape index (κ3) is 2.38. The van der Waals surface area contributed by atoms with E-state index in [1.165, 1.54) is 18.5 Å². The molecule has 0 radical (unpaired) electrons. The molecule has 0 saturated heterocycles. The Balaban J connectivity index is 2.08. The van der Waals surface area contributed by atoms with Gasteiger partial charge in [0.1, 0.15) is 0 Å². The van der Waals surface area contributed by atoms with Crippen LogP contribution in [0.1, 0.15) is 38.4 Å². The number of hydrogen-bond acceptors (Lipinski definition) is 2. The van der Waals surface area contributed by atoms with Crippen LogP contribution in [0, 0.1) is 5.92 Å². The molecule has 1 unspecified atom stereocenters. The van der Waals surface area contributed by atoms with Crippen molar-refractivity contribution in [3.05, 3.63) is 29.8 Å². The third-order valence-electron chi connectivity index (χ3n) is 3.70. The van der Waals surface area contributed by atoms with Crippen LogP contribution < -0.4 is 4.90 Å². The van der Waals surface area contributed by atoms with Gasteiger partial charge in [-0.15, -0.1) is 0 Å². The maximum Gasteiger partial charge on any atom is 0.0761 e. The van der Waals surface area contributed by atoms with Crippen LogP contribution in [-0.4, -0.2) is 18.2 Å². The van der Waals surface area contributed by atoms with E-state index in [9.17, 15) is 5.11 Å². The Bertz CT molecular complexity index is 340. The van der Waals surface area contributed by atoms with E-state index in [1.807, 2.05) is 12.1 Å². The van der Waals surface area contributed by atoms with Gasteiger partial charge in [0.15, 0.2) is 0 Å². The molecule has 0 spiro atoms. The van der Waals surface area contributed by atoms with Crippen molar-refractivity contribution in [3.63, 3.8) is 0 Å². The van der Waals surface area contributed by atoms with E-state index in [0.717, 1.165) is 11.5 Å². The van der Waals surface area contributed by atoms with Crippen LogP contribution in [0.2, 0.25) is 0 Å². The van der Waals surface area contributed by atoms with Gasteiger partial charge in [-0.25, -0.2) is 0 Å². The molecule has 0 aromatic heterocycles. The van der Waals surface area contributed by atoms with E-state index >= 15 is 0 Å². The lowest BCUT2D eigenvalue weighted by Gasteiger charge is -2.27. The third-order valence-corrected chi connectivity index (χ3v) is 3.70. The predicted molar refractivity (Wildman–Crippen MR) is 67.7 cm³/mol. The van der Waals surface area contributed by atoms with Crippen molar-refractivity contribution in [2.75, 3.05) is 11.9 Å². The summed E-state index contributed by atoms with van der Waals surface area (Å²) in [6.07, 6.45) is 2.37. The molecule has 1 aromatic carbocycles. The zero-order chi connectivity index (χ0) is 11.7. The van der Waals surface area contributed by atoms with Crippen molar-refractivity contribution in [1.29, 1.82) is 0 Å². The van der Waals surface area contributed by atoms with Crippen molar-refractivity contribution in [1.82, 2.24) is 0 Å². The SMILES string of the molecule is CC(C1CC1)N(C)c1ccc([C@H](C)O)cc1. The Morgan fingerprint density at radius 3 is 2.19 bits per heavy atom. The Morgan fingerprint density at radius 2 is 1.75 bits per heavy atom. The fourth-order valence-electron chi connectivity index (χ4n) is 2.12. The van der Waals surface area contributed by atoms with Gasteiger partial charge < -0.3 is 10.0 Å². The maximum absolute atomic E-state index is 9.45. The second kappa shape index (κ2) is 4.46. The lowest BCUT2D eigenvalue weighted by atomic mass is 10.1. The van der Waals surface area contributed by atoms with Crippen molar-refractivity contribution in [2.24, 2.45) is 5.92 Å². The molecular formula is C14H21NO. The molecule has 2 rings (SSSR count). The van der Waals surface area contributed by atoms with Crippen molar-refractivity contribution in [3.8, 4) is 0 Å². The normalized spacial score (nSPS) is 19.2. The predicted octanol–water partition coefficient (Wildman–Crippen LogP) is 2.97. The van der Waals surface area contributed by atoms with E-state index in [2.05, 4.69) is 31.0 Å². The number of aliphatic hydroxyl groups is 1. The van der Waals surface area contributed by atoms with Crippen molar-refractivity contribution >= 4 is 5.69 Å². The molecule has 0 heterocycles. The lowest BCUT2D eigenvalue weighted by Crippen LogP contribution is -2.30. The van der Waals surface area contributed by atoms with Crippen molar-refractivity contribution < 1.29 is 5.11 Å². The summed E-state index contributed by atoms with van der Waals surface area (Å²) >= 11 is 0. The molecule has 1 aliphatic carbocycles. The highest BCUT2D eigenvalue weighted by Crippen LogP contribution is 2.36. The van der Waals surface area contributed by atoms with Crippen LogP contribution in [0.3, 0.4) is 0 Å². The van der Waals surface area contributed by atoms with Crippen LogP contribution in [0.15, 0.2) is 24.3 Å². The number of anilines is 1. The molecule has 1 N–H and O–H groups in total. The van der Waals surface area contributed by atoms with Gasteiger partial charge in [0.05, 0.1) is 6.10 Å². The van der Waals surface area contributed by atoms with Gasteiger partial charge in [-0.3, -0.25) is 0 Å². The molecule has 1 aromatic rings. The van der Waals surface area contributed by atoms with Crippen LogP contribution >= 0.6 is 0 Å². The van der Waals surface area contributed by atoms with Gasteiger partial charge in [-0.1, -0.05) is 12.1 Å². The molecule has 1 aliphatic rings. The molecule has 0 bridgehead atoms. The van der Waals surface area contributed by atoms with E-state index < -0.39 is 0 Å². The first-order chi connectivity index (χ1) is 7.59. The molecule has 2 nitrogen and oxygen atoms in total. The first kappa shape index (κ1) is 11.5. The largest absolute Gasteiger partial charge is 0.389 e. The first-order valence-electron chi connectivity index (χ1n) is 6.10. The molecule has 88 valence electrons. The highest BCUT2D eigenvalue weighted by molar-refractivity contribution is 5.48. The molecule has 0 amide bonds. The quantitative estimate of drug-likeness (QED) is 0.841. The summed E-state index contributed by atoms with van der Waals surface area (Å²) < 4.78 is 0. The smallest absolute Gasteiger partial charge is 0.0761 e. The minimum absolute atomic E-state index is 0.375. The average molecular weight is 219 g/mol. The Hall–Kier alpha value is -1.02. The van der Waals surface area contributed by atoms with Gasteiger partial charge in [0.25, 0.3) is 0 Å². The molecule has 0 aliphatic heterocycles. The number of aliphatic hydroxyl groups excluding tert-OH is 1. The number of rotatable bonds is 4. The molecule has 2 heteroatoms. The van der Waals surface area contributed by atoms with E-state index in [0.29, 0.717) is 6.04 Å². The summed E-state index contributed by atoms with van der Waals surface area (Å²) in [4.78, 5) is 2.34. The fourth-order valence-corrected chi connectivity index (χ4v) is 2.12. The minimum atomic E-state index is -0.375. The molecule has 1 fully saturated rings. The summed E-state index contributed by atoms with van der Waals surface area (Å²) in [5.74, 6) is 0.876. The summed E-state index contributed by atoms with van der Waals surface area (Å²) in [6, 6.07) is 8.84. The Morgan fingerprint density at radius 1 is 1.19 bits per heavy atom. The zero-order valence-corrected chi connectivity index (χ0v) is 10.4. The molecule has 2 atom stereocenters. The van der Waals surface area contributed by atoms with Crippen LogP contribution in [0.25, 0.3) is 0 Å². The van der Waals surface area contributed by atoms with E-state index in [1.54, 1.807) is 6.92 Å². The van der Waals surface area contributed by atoms with E-state index in [-0.39, 0.29) is 6.10 Å². The summed E-state index contributed by atoms with van der Waals surface area (Å²) in [7, 11) is 2.15. The highest BCUT2D eigenvalue weighted by Gasteiger charge is 2.30. The molecule has 16 heavy (non-hydrogen) atoms. The average Bonchev–Trinajstić information content (AvgIpc) is 3.11. The number of nitrogens with zero attached hydrogens (tertiary/aromatic N) is 1. The first-order valence-corrected chi connectivity index (χ1v) is 6.10. The van der Waals surface area contributed by atoms with Gasteiger partial charge in [-0.2, -0.15) is 0 Å². The lowest BCUT2D eigenvalue weighted by molar-refractivity contribution is 0.199. The van der Waals surface area contributed by atoms with E-state index in [4.69, 9.17) is 0 Å². The molecule has 1 saturated carbocycles. The Labute approximate surface area is 97.9 Å². The fraction of sp³-hybridized carbons (Fsp3) is 0.571. The van der Waals surface area contributed by atoms with Crippen LogP contribution in [0.5, 0.6) is 0 Å². The topological polar surface area (TPSA) is 23.5 Å². The molecular weight excluding hydrogens is 198 g/mol. The minimum Gasteiger partial charge on any atom is -0.389 e. The standard InChI is InChI=1S/C14H21NO/c1-10(12-4-5-12)15(3)14-8-6-13(7-9-14)11(2)16/h6-12,16H,4-5H2,1-3H3/t10?,11-/m0/s1. The van der Waals surface area contributed by atoms with Crippen molar-refractivity contribution in [2.45, 2.75) is 38.8 Å². The van der Waals surface area contributed by atoms with Gasteiger partial charge in [0, 0.05) is 18.8 Å². The zero-order valence-electron chi connectivity index (χ0n) is 10.4. The second-order valence-corrected chi connectivity index (χ2v) is 4.96. The Kier molecular flexibility index (Phi) is 3.20. The monoisotopic (exact) mass is 219 g/mol. The van der Waals surface area contributed by atoms with Gasteiger partial charge in [-0.05, 0) is 50.3 Å². The second-order valence-electron chi connectivity index (χ2n) is 4.96. The number of hydrogen-bond donors (Lipinski definition) is 1.